The molecule has 1 saturated heterocycles. The van der Waals surface area contributed by atoms with Crippen LogP contribution in [0.2, 0.25) is 0 Å². The summed E-state index contributed by atoms with van der Waals surface area (Å²) in [5, 5.41) is 25.0. The van der Waals surface area contributed by atoms with Crippen LogP contribution in [0.1, 0.15) is 12.5 Å². The third kappa shape index (κ3) is 4.70. The van der Waals surface area contributed by atoms with E-state index in [1.807, 2.05) is 0 Å². The van der Waals surface area contributed by atoms with Gasteiger partial charge in [-0.1, -0.05) is 0 Å². The summed E-state index contributed by atoms with van der Waals surface area (Å²) in [6, 6.07) is 9.97. The summed E-state index contributed by atoms with van der Waals surface area (Å²) in [6.45, 7) is 2.67. The molecule has 3 rings (SSSR count). The van der Waals surface area contributed by atoms with Crippen molar-refractivity contribution in [1.82, 2.24) is 4.31 Å². The molecule has 1 aliphatic rings. The first-order chi connectivity index (χ1) is 13.8. The quantitative estimate of drug-likeness (QED) is 0.415. The molecule has 0 atom stereocenters. The number of nitro benzene ring substituents is 1. The normalized spacial score (nSPS) is 15.8. The van der Waals surface area contributed by atoms with E-state index in [0.29, 0.717) is 11.3 Å². The third-order valence-corrected chi connectivity index (χ3v) is 6.30. The van der Waals surface area contributed by atoms with Crippen molar-refractivity contribution in [1.29, 1.82) is 0 Å². The van der Waals surface area contributed by atoms with Gasteiger partial charge in [-0.25, -0.2) is 8.42 Å². The van der Waals surface area contributed by atoms with Crippen LogP contribution in [0, 0.1) is 10.1 Å². The Bertz CT molecular complexity index is 1030. The second kappa shape index (κ2) is 8.55. The number of hydrogen-bond acceptors (Lipinski definition) is 8. The van der Waals surface area contributed by atoms with Gasteiger partial charge in [0.05, 0.1) is 28.7 Å². The predicted octanol–water partition coefficient (Wildman–Crippen LogP) is 2.16. The molecule has 0 unspecified atom stereocenters. The summed E-state index contributed by atoms with van der Waals surface area (Å²) in [7, 11) is -3.85. The Morgan fingerprint density at radius 2 is 1.86 bits per heavy atom. The van der Waals surface area contributed by atoms with Gasteiger partial charge >= 0.3 is 0 Å². The van der Waals surface area contributed by atoms with Gasteiger partial charge in [-0.15, -0.1) is 0 Å². The van der Waals surface area contributed by atoms with Crippen molar-refractivity contribution in [2.24, 2.45) is 5.10 Å². The van der Waals surface area contributed by atoms with Gasteiger partial charge in [-0.2, -0.15) is 9.41 Å². The van der Waals surface area contributed by atoms with E-state index in [0.717, 1.165) is 6.07 Å². The number of aromatic hydroxyl groups is 1. The summed E-state index contributed by atoms with van der Waals surface area (Å²) in [6.07, 6.45) is 0. The third-order valence-electron chi connectivity index (χ3n) is 4.40. The number of nitrogens with zero attached hydrogens (tertiary/aromatic N) is 3. The average Bonchev–Trinajstić information content (AvgIpc) is 2.73. The molecule has 10 nitrogen and oxygen atoms in total. The first kappa shape index (κ1) is 20.7. The predicted molar refractivity (Wildman–Crippen MR) is 107 cm³/mol. The Morgan fingerprint density at radius 3 is 2.48 bits per heavy atom. The van der Waals surface area contributed by atoms with Crippen molar-refractivity contribution in [3.8, 4) is 5.75 Å². The van der Waals surface area contributed by atoms with Gasteiger partial charge in [0.1, 0.15) is 11.4 Å². The van der Waals surface area contributed by atoms with Crippen LogP contribution in [-0.2, 0) is 14.8 Å². The second-order valence-corrected chi connectivity index (χ2v) is 8.25. The first-order valence-corrected chi connectivity index (χ1v) is 10.2. The van der Waals surface area contributed by atoms with Crippen LogP contribution in [0.15, 0.2) is 52.5 Å². The largest absolute Gasteiger partial charge is 0.508 e. The number of nitro groups is 1. The number of nitrogens with one attached hydrogen (secondary N) is 1. The molecular formula is C18H20N4O6S. The maximum absolute atomic E-state index is 12.7. The van der Waals surface area contributed by atoms with Gasteiger partial charge < -0.3 is 9.84 Å². The fourth-order valence-corrected chi connectivity index (χ4v) is 4.19. The van der Waals surface area contributed by atoms with Gasteiger partial charge in [0, 0.05) is 19.2 Å². The molecule has 0 aromatic heterocycles. The lowest BCUT2D eigenvalue weighted by Crippen LogP contribution is -2.40. The number of anilines is 1. The lowest BCUT2D eigenvalue weighted by molar-refractivity contribution is -0.384. The Morgan fingerprint density at radius 1 is 1.21 bits per heavy atom. The molecule has 29 heavy (non-hydrogen) atoms. The highest BCUT2D eigenvalue weighted by Gasteiger charge is 2.28. The zero-order valence-corrected chi connectivity index (χ0v) is 16.4. The number of phenols is 1. The van der Waals surface area contributed by atoms with E-state index >= 15 is 0 Å². The number of benzene rings is 2. The molecule has 1 aliphatic heterocycles. The number of morpholine rings is 1. The van der Waals surface area contributed by atoms with Gasteiger partial charge in [0.2, 0.25) is 10.0 Å². The van der Waals surface area contributed by atoms with E-state index in [-0.39, 0.29) is 42.6 Å². The number of hydrazone groups is 1. The van der Waals surface area contributed by atoms with Crippen LogP contribution >= 0.6 is 0 Å². The zero-order valence-electron chi connectivity index (χ0n) is 15.6. The van der Waals surface area contributed by atoms with Gasteiger partial charge in [0.25, 0.3) is 5.69 Å². The van der Waals surface area contributed by atoms with Gasteiger partial charge in [-0.05, 0) is 48.9 Å². The SMILES string of the molecule is C/C(=N\Nc1ccc(S(=O)(=O)N2CCOCC2)cc1[N+](=O)[O-])c1ccc(O)cc1. The van der Waals surface area contributed by atoms with Crippen LogP contribution < -0.4 is 5.43 Å². The maximum Gasteiger partial charge on any atom is 0.295 e. The maximum atomic E-state index is 12.7. The second-order valence-electron chi connectivity index (χ2n) is 6.31. The van der Waals surface area contributed by atoms with E-state index in [1.165, 1.54) is 28.6 Å². The molecule has 0 bridgehead atoms. The lowest BCUT2D eigenvalue weighted by Gasteiger charge is -2.26. The minimum Gasteiger partial charge on any atom is -0.508 e. The van der Waals surface area contributed by atoms with E-state index in [4.69, 9.17) is 4.74 Å². The molecule has 1 heterocycles. The highest BCUT2D eigenvalue weighted by molar-refractivity contribution is 7.89. The van der Waals surface area contributed by atoms with E-state index in [1.54, 1.807) is 19.1 Å². The zero-order chi connectivity index (χ0) is 21.0. The Balaban J connectivity index is 1.87. The van der Waals surface area contributed by atoms with Crippen molar-refractivity contribution in [3.05, 3.63) is 58.1 Å². The number of phenolic OH excluding ortho intramolecular Hbond substituents is 1. The molecule has 0 spiro atoms. The summed E-state index contributed by atoms with van der Waals surface area (Å²) in [5.74, 6) is 0.113. The smallest absolute Gasteiger partial charge is 0.295 e. The van der Waals surface area contributed by atoms with Crippen molar-refractivity contribution in [2.45, 2.75) is 11.8 Å². The van der Waals surface area contributed by atoms with Crippen molar-refractivity contribution < 1.29 is 23.2 Å². The van der Waals surface area contributed by atoms with Crippen molar-refractivity contribution in [2.75, 3.05) is 31.7 Å². The highest BCUT2D eigenvalue weighted by Crippen LogP contribution is 2.29. The van der Waals surface area contributed by atoms with Crippen LogP contribution in [-0.4, -0.2) is 54.8 Å². The van der Waals surface area contributed by atoms with Crippen LogP contribution in [0.25, 0.3) is 0 Å². The van der Waals surface area contributed by atoms with Crippen LogP contribution in [0.5, 0.6) is 5.75 Å². The summed E-state index contributed by atoms with van der Waals surface area (Å²) >= 11 is 0. The van der Waals surface area contributed by atoms with E-state index in [9.17, 15) is 23.6 Å². The molecule has 0 saturated carbocycles. The Labute approximate surface area is 167 Å². The molecule has 11 heteroatoms. The number of ether oxygens (including phenoxy) is 1. The molecule has 2 N–H and O–H groups in total. The monoisotopic (exact) mass is 420 g/mol. The van der Waals surface area contributed by atoms with Crippen LogP contribution in [0.3, 0.4) is 0 Å². The van der Waals surface area contributed by atoms with E-state index in [2.05, 4.69) is 10.5 Å². The summed E-state index contributed by atoms with van der Waals surface area (Å²) in [5.41, 5.74) is 3.53. The average molecular weight is 420 g/mol. The van der Waals surface area contributed by atoms with E-state index < -0.39 is 20.6 Å². The highest BCUT2D eigenvalue weighted by atomic mass is 32.2. The Hall–Kier alpha value is -3.02. The van der Waals surface area contributed by atoms with Gasteiger partial charge in [-0.3, -0.25) is 15.5 Å². The minimum atomic E-state index is -3.85. The summed E-state index contributed by atoms with van der Waals surface area (Å²) < 4.78 is 31.9. The standard InChI is InChI=1S/C18H20N4O6S/c1-13(14-2-4-15(23)5-3-14)19-20-17-7-6-16(12-18(17)22(24)25)29(26,27)21-8-10-28-11-9-21/h2-7,12,20,23H,8-11H2,1H3/b19-13+. The number of rotatable bonds is 6. The molecule has 0 amide bonds. The Kier molecular flexibility index (Phi) is 6.11. The molecule has 0 aliphatic carbocycles. The number of hydrogen-bond donors (Lipinski definition) is 2. The minimum absolute atomic E-state index is 0.0639. The molecule has 0 radical (unpaired) electrons. The topological polar surface area (TPSA) is 134 Å². The molecule has 1 fully saturated rings. The van der Waals surface area contributed by atoms with Crippen LogP contribution in [0.4, 0.5) is 11.4 Å². The fourth-order valence-electron chi connectivity index (χ4n) is 2.76. The van der Waals surface area contributed by atoms with Gasteiger partial charge in [0.15, 0.2) is 0 Å². The first-order valence-electron chi connectivity index (χ1n) is 8.75. The summed E-state index contributed by atoms with van der Waals surface area (Å²) in [4.78, 5) is 10.7. The molecule has 154 valence electrons. The van der Waals surface area contributed by atoms with Crippen molar-refractivity contribution >= 4 is 27.1 Å². The molecular weight excluding hydrogens is 400 g/mol. The molecule has 2 aromatic rings. The molecule has 2 aromatic carbocycles. The lowest BCUT2D eigenvalue weighted by atomic mass is 10.1. The number of sulfonamides is 1. The fraction of sp³-hybridized carbons (Fsp3) is 0.278. The van der Waals surface area contributed by atoms with Crippen molar-refractivity contribution in [3.63, 3.8) is 0 Å².